The van der Waals surface area contributed by atoms with Crippen molar-refractivity contribution in [2.75, 3.05) is 0 Å². The van der Waals surface area contributed by atoms with Gasteiger partial charge in [-0.1, -0.05) is 32.6 Å². The van der Waals surface area contributed by atoms with Crippen molar-refractivity contribution >= 4 is 5.97 Å². The summed E-state index contributed by atoms with van der Waals surface area (Å²) >= 11 is 0. The lowest BCUT2D eigenvalue weighted by molar-refractivity contribution is -0.170. The molecule has 1 fully saturated rings. The largest absolute Gasteiger partial charge is 0.459 e. The second kappa shape index (κ2) is 5.53. The number of ether oxygens (including phenoxy) is 1. The molecule has 2 nitrogen and oxygen atoms in total. The van der Waals surface area contributed by atoms with Crippen molar-refractivity contribution in [3.63, 3.8) is 0 Å². The maximum absolute atomic E-state index is 11.7. The Morgan fingerprint density at radius 2 is 2.07 bits per heavy atom. The Kier molecular flexibility index (Phi) is 4.62. The standard InChI is InChI=1S/C13H24O2/c1-4-5-6-7-8-11-9-10-13(2,3)15-12(11)14/h11H,4-10H2,1-3H3. The van der Waals surface area contributed by atoms with Gasteiger partial charge in [-0.3, -0.25) is 4.79 Å². The van der Waals surface area contributed by atoms with E-state index in [2.05, 4.69) is 6.92 Å². The summed E-state index contributed by atoms with van der Waals surface area (Å²) in [6, 6.07) is 0. The summed E-state index contributed by atoms with van der Waals surface area (Å²) in [5, 5.41) is 0. The Balaban J connectivity index is 2.23. The molecular weight excluding hydrogens is 188 g/mol. The molecule has 1 unspecified atom stereocenters. The lowest BCUT2D eigenvalue weighted by atomic mass is 9.88. The highest BCUT2D eigenvalue weighted by Crippen LogP contribution is 2.31. The molecule has 88 valence electrons. The SMILES string of the molecule is CCCCCCC1CCC(C)(C)OC1=O. The van der Waals surface area contributed by atoms with Gasteiger partial charge in [0.1, 0.15) is 5.60 Å². The molecule has 0 spiro atoms. The van der Waals surface area contributed by atoms with Crippen LogP contribution in [0.25, 0.3) is 0 Å². The van der Waals surface area contributed by atoms with Crippen molar-refractivity contribution in [2.24, 2.45) is 5.92 Å². The zero-order valence-corrected chi connectivity index (χ0v) is 10.3. The average Bonchev–Trinajstić information content (AvgIpc) is 2.14. The van der Waals surface area contributed by atoms with Crippen LogP contribution >= 0.6 is 0 Å². The summed E-state index contributed by atoms with van der Waals surface area (Å²) in [5.41, 5.74) is -0.225. The molecule has 0 aromatic heterocycles. The molecule has 0 aliphatic carbocycles. The molecule has 1 heterocycles. The van der Waals surface area contributed by atoms with Crippen LogP contribution in [0, 0.1) is 5.92 Å². The van der Waals surface area contributed by atoms with Crippen LogP contribution in [0.2, 0.25) is 0 Å². The van der Waals surface area contributed by atoms with Gasteiger partial charge in [-0.15, -0.1) is 0 Å². The fourth-order valence-electron chi connectivity index (χ4n) is 2.13. The van der Waals surface area contributed by atoms with Crippen LogP contribution in [0.15, 0.2) is 0 Å². The van der Waals surface area contributed by atoms with E-state index >= 15 is 0 Å². The molecule has 15 heavy (non-hydrogen) atoms. The molecule has 0 bridgehead atoms. The molecule has 1 atom stereocenters. The molecular formula is C13H24O2. The summed E-state index contributed by atoms with van der Waals surface area (Å²) in [4.78, 5) is 11.7. The molecule has 0 aromatic rings. The molecule has 1 aliphatic heterocycles. The van der Waals surface area contributed by atoms with Gasteiger partial charge in [0.25, 0.3) is 0 Å². The molecule has 0 amide bonds. The quantitative estimate of drug-likeness (QED) is 0.513. The van der Waals surface area contributed by atoms with E-state index < -0.39 is 0 Å². The van der Waals surface area contributed by atoms with Crippen molar-refractivity contribution in [2.45, 2.75) is 71.3 Å². The highest BCUT2D eigenvalue weighted by Gasteiger charge is 2.34. The third-order valence-corrected chi connectivity index (χ3v) is 3.21. The third-order valence-electron chi connectivity index (χ3n) is 3.21. The number of esters is 1. The summed E-state index contributed by atoms with van der Waals surface area (Å²) in [5.74, 6) is 0.206. The van der Waals surface area contributed by atoms with E-state index in [0.717, 1.165) is 19.3 Å². The summed E-state index contributed by atoms with van der Waals surface area (Å²) in [6.07, 6.45) is 8.01. The second-order valence-corrected chi connectivity index (χ2v) is 5.27. The van der Waals surface area contributed by atoms with E-state index in [1.54, 1.807) is 0 Å². The summed E-state index contributed by atoms with van der Waals surface area (Å²) in [6.45, 7) is 6.20. The zero-order chi connectivity index (χ0) is 11.3. The Bertz CT molecular complexity index is 209. The normalized spacial score (nSPS) is 25.0. The number of rotatable bonds is 5. The van der Waals surface area contributed by atoms with Crippen LogP contribution in [0.5, 0.6) is 0 Å². The first-order valence-corrected chi connectivity index (χ1v) is 6.28. The Morgan fingerprint density at radius 3 is 2.67 bits per heavy atom. The average molecular weight is 212 g/mol. The van der Waals surface area contributed by atoms with Crippen LogP contribution in [0.4, 0.5) is 0 Å². The zero-order valence-electron chi connectivity index (χ0n) is 10.3. The topological polar surface area (TPSA) is 26.3 Å². The fraction of sp³-hybridized carbons (Fsp3) is 0.923. The van der Waals surface area contributed by atoms with Crippen molar-refractivity contribution in [3.05, 3.63) is 0 Å². The van der Waals surface area contributed by atoms with Gasteiger partial charge in [0.15, 0.2) is 0 Å². The molecule has 1 aliphatic rings. The highest BCUT2D eigenvalue weighted by atomic mass is 16.6. The van der Waals surface area contributed by atoms with E-state index in [4.69, 9.17) is 4.74 Å². The number of carbonyl (C=O) groups is 1. The van der Waals surface area contributed by atoms with E-state index in [1.165, 1.54) is 25.7 Å². The van der Waals surface area contributed by atoms with Crippen LogP contribution in [0.1, 0.15) is 65.7 Å². The Labute approximate surface area is 93.4 Å². The first-order valence-electron chi connectivity index (χ1n) is 6.28. The third kappa shape index (κ3) is 4.23. The first-order chi connectivity index (χ1) is 7.05. The van der Waals surface area contributed by atoms with Gasteiger partial charge >= 0.3 is 5.97 Å². The minimum Gasteiger partial charge on any atom is -0.459 e. The van der Waals surface area contributed by atoms with Gasteiger partial charge in [0.05, 0.1) is 5.92 Å². The second-order valence-electron chi connectivity index (χ2n) is 5.27. The van der Waals surface area contributed by atoms with Crippen molar-refractivity contribution in [3.8, 4) is 0 Å². The van der Waals surface area contributed by atoms with E-state index in [-0.39, 0.29) is 17.5 Å². The molecule has 2 heteroatoms. The maximum atomic E-state index is 11.7. The predicted octanol–water partition coefficient (Wildman–Crippen LogP) is 3.69. The maximum Gasteiger partial charge on any atom is 0.309 e. The molecule has 0 aromatic carbocycles. The summed E-state index contributed by atoms with van der Waals surface area (Å²) < 4.78 is 5.40. The lowest BCUT2D eigenvalue weighted by Crippen LogP contribution is -2.37. The van der Waals surface area contributed by atoms with Gasteiger partial charge in [-0.25, -0.2) is 0 Å². The molecule has 1 rings (SSSR count). The van der Waals surface area contributed by atoms with Crippen LogP contribution < -0.4 is 0 Å². The Hall–Kier alpha value is -0.530. The van der Waals surface area contributed by atoms with Gasteiger partial charge < -0.3 is 4.74 Å². The number of hydrogen-bond acceptors (Lipinski definition) is 2. The number of unbranched alkanes of at least 4 members (excludes halogenated alkanes) is 3. The smallest absolute Gasteiger partial charge is 0.309 e. The van der Waals surface area contributed by atoms with Crippen molar-refractivity contribution < 1.29 is 9.53 Å². The van der Waals surface area contributed by atoms with Crippen LogP contribution in [-0.4, -0.2) is 11.6 Å². The van der Waals surface area contributed by atoms with Crippen molar-refractivity contribution in [1.82, 2.24) is 0 Å². The van der Waals surface area contributed by atoms with E-state index in [9.17, 15) is 4.79 Å². The first kappa shape index (κ1) is 12.5. The number of carbonyl (C=O) groups excluding carboxylic acids is 1. The van der Waals surface area contributed by atoms with Gasteiger partial charge in [0, 0.05) is 0 Å². The fourth-order valence-corrected chi connectivity index (χ4v) is 2.13. The van der Waals surface area contributed by atoms with Crippen molar-refractivity contribution in [1.29, 1.82) is 0 Å². The molecule has 0 saturated carbocycles. The number of hydrogen-bond donors (Lipinski definition) is 0. The predicted molar refractivity (Wildman–Crippen MR) is 61.7 cm³/mol. The minimum atomic E-state index is -0.225. The van der Waals surface area contributed by atoms with Gasteiger partial charge in [0.2, 0.25) is 0 Å². The van der Waals surface area contributed by atoms with E-state index in [0.29, 0.717) is 0 Å². The highest BCUT2D eigenvalue weighted by molar-refractivity contribution is 5.73. The lowest BCUT2D eigenvalue weighted by Gasteiger charge is -2.33. The van der Waals surface area contributed by atoms with Crippen LogP contribution in [-0.2, 0) is 9.53 Å². The Morgan fingerprint density at radius 1 is 1.33 bits per heavy atom. The molecule has 0 N–H and O–H groups in total. The van der Waals surface area contributed by atoms with Gasteiger partial charge in [-0.2, -0.15) is 0 Å². The minimum absolute atomic E-state index is 0.0303. The van der Waals surface area contributed by atoms with E-state index in [1.807, 2.05) is 13.8 Å². The molecule has 0 radical (unpaired) electrons. The van der Waals surface area contributed by atoms with Crippen LogP contribution in [0.3, 0.4) is 0 Å². The summed E-state index contributed by atoms with van der Waals surface area (Å²) in [7, 11) is 0. The monoisotopic (exact) mass is 212 g/mol. The number of cyclic esters (lactones) is 1. The van der Waals surface area contributed by atoms with Gasteiger partial charge in [-0.05, 0) is 33.1 Å². The molecule has 1 saturated heterocycles.